The van der Waals surface area contributed by atoms with Gasteiger partial charge in [-0.15, -0.1) is 0 Å². The first kappa shape index (κ1) is 30.1. The minimum Gasteiger partial charge on any atom is -0.394 e. The average molecular weight is 593 g/mol. The van der Waals surface area contributed by atoms with Crippen LogP contribution in [-0.4, -0.2) is 93.0 Å². The fraction of sp³-hybridized carbons (Fsp3) is 0.939. The second-order valence-electron chi connectivity index (χ2n) is 15.6. The molecule has 0 amide bonds. The number of aliphatic hydroxyl groups is 5. The summed E-state index contributed by atoms with van der Waals surface area (Å²) in [7, 11) is 0. The van der Waals surface area contributed by atoms with Crippen molar-refractivity contribution in [2.75, 3.05) is 13.2 Å². The molecule has 1 spiro atoms. The molecular formula is C33H52O9. The molecule has 0 aromatic carbocycles. The zero-order chi connectivity index (χ0) is 29.8. The Morgan fingerprint density at radius 3 is 2.48 bits per heavy atom. The van der Waals surface area contributed by atoms with Crippen LogP contribution in [0.25, 0.3) is 0 Å². The molecule has 3 saturated heterocycles. The number of aliphatic hydroxyl groups excluding tert-OH is 4. The van der Waals surface area contributed by atoms with E-state index in [0.29, 0.717) is 30.3 Å². The molecule has 2 unspecified atom stereocenters. The molecule has 0 bridgehead atoms. The minimum absolute atomic E-state index is 0.0517. The van der Waals surface area contributed by atoms with E-state index in [2.05, 4.69) is 33.8 Å². The Labute approximate surface area is 249 Å². The van der Waals surface area contributed by atoms with Crippen LogP contribution < -0.4 is 0 Å². The highest BCUT2D eigenvalue weighted by Gasteiger charge is 2.76. The summed E-state index contributed by atoms with van der Waals surface area (Å²) in [6.07, 6.45) is 4.17. The molecule has 16 atom stereocenters. The molecule has 7 aliphatic rings. The highest BCUT2D eigenvalue weighted by atomic mass is 16.7. The minimum atomic E-state index is -1.43. The summed E-state index contributed by atoms with van der Waals surface area (Å²) in [4.78, 5) is 0. The van der Waals surface area contributed by atoms with Crippen LogP contribution in [0.5, 0.6) is 0 Å². The van der Waals surface area contributed by atoms with Gasteiger partial charge in [0.1, 0.15) is 30.0 Å². The first-order chi connectivity index (χ1) is 19.9. The Balaban J connectivity index is 1.07. The molecule has 7 rings (SSSR count). The molecular weight excluding hydrogens is 540 g/mol. The van der Waals surface area contributed by atoms with E-state index < -0.39 is 48.7 Å². The van der Waals surface area contributed by atoms with Gasteiger partial charge in [-0.3, -0.25) is 0 Å². The van der Waals surface area contributed by atoms with Crippen molar-refractivity contribution in [2.45, 2.75) is 140 Å². The maximum absolute atomic E-state index is 12.6. The maximum Gasteiger partial charge on any atom is 0.186 e. The van der Waals surface area contributed by atoms with Gasteiger partial charge >= 0.3 is 0 Å². The number of hydrogen-bond donors (Lipinski definition) is 5. The smallest absolute Gasteiger partial charge is 0.186 e. The van der Waals surface area contributed by atoms with Gasteiger partial charge in [0, 0.05) is 17.8 Å². The quantitative estimate of drug-likeness (QED) is 0.313. The normalized spacial score (nSPS) is 59.0. The molecule has 3 heterocycles. The summed E-state index contributed by atoms with van der Waals surface area (Å²) in [5, 5.41) is 53.0. The molecule has 4 aliphatic carbocycles. The lowest BCUT2D eigenvalue weighted by Gasteiger charge is -2.60. The third-order valence-corrected chi connectivity index (χ3v) is 13.8. The van der Waals surface area contributed by atoms with E-state index in [1.54, 1.807) is 0 Å². The van der Waals surface area contributed by atoms with E-state index in [-0.39, 0.29) is 29.0 Å². The molecule has 9 nitrogen and oxygen atoms in total. The Bertz CT molecular complexity index is 1070. The molecule has 42 heavy (non-hydrogen) atoms. The van der Waals surface area contributed by atoms with Crippen molar-refractivity contribution < 1.29 is 44.5 Å². The van der Waals surface area contributed by atoms with Crippen molar-refractivity contribution in [3.05, 3.63) is 11.6 Å². The van der Waals surface area contributed by atoms with Crippen molar-refractivity contribution in [2.24, 2.45) is 40.4 Å². The lowest BCUT2D eigenvalue weighted by molar-refractivity contribution is -0.313. The zero-order valence-electron chi connectivity index (χ0n) is 25.7. The Hall–Kier alpha value is -0.620. The third kappa shape index (κ3) is 4.00. The number of allylic oxidation sites excluding steroid dienone is 1. The van der Waals surface area contributed by atoms with Crippen LogP contribution in [0.1, 0.15) is 85.5 Å². The van der Waals surface area contributed by atoms with Gasteiger partial charge in [0.2, 0.25) is 0 Å². The fourth-order valence-electron chi connectivity index (χ4n) is 11.1. The summed E-state index contributed by atoms with van der Waals surface area (Å²) in [5.41, 5.74) is 0.360. The van der Waals surface area contributed by atoms with Crippen LogP contribution in [-0.2, 0) is 18.9 Å². The van der Waals surface area contributed by atoms with Crippen LogP contribution in [0, 0.1) is 40.4 Å². The van der Waals surface area contributed by atoms with Gasteiger partial charge in [-0.2, -0.15) is 0 Å². The first-order valence-electron chi connectivity index (χ1n) is 16.6. The van der Waals surface area contributed by atoms with Crippen LogP contribution in [0.2, 0.25) is 0 Å². The van der Waals surface area contributed by atoms with Gasteiger partial charge in [-0.25, -0.2) is 0 Å². The summed E-state index contributed by atoms with van der Waals surface area (Å²) in [5.74, 6) is 1.24. The van der Waals surface area contributed by atoms with Crippen LogP contribution in [0.3, 0.4) is 0 Å². The maximum atomic E-state index is 12.6. The zero-order valence-corrected chi connectivity index (χ0v) is 25.7. The summed E-state index contributed by atoms with van der Waals surface area (Å²) >= 11 is 0. The highest BCUT2D eigenvalue weighted by Crippen LogP contribution is 2.72. The van der Waals surface area contributed by atoms with Crippen LogP contribution in [0.15, 0.2) is 11.6 Å². The van der Waals surface area contributed by atoms with Crippen molar-refractivity contribution in [3.8, 4) is 0 Å². The fourth-order valence-corrected chi connectivity index (χ4v) is 11.1. The van der Waals surface area contributed by atoms with E-state index in [1.165, 1.54) is 5.57 Å². The third-order valence-electron chi connectivity index (χ3n) is 13.8. The Morgan fingerprint density at radius 1 is 0.976 bits per heavy atom. The number of rotatable bonds is 3. The summed E-state index contributed by atoms with van der Waals surface area (Å²) in [6.45, 7) is 9.39. The van der Waals surface area contributed by atoms with Gasteiger partial charge in [0.25, 0.3) is 0 Å². The Kier molecular flexibility index (Phi) is 7.29. The molecule has 238 valence electrons. The van der Waals surface area contributed by atoms with Gasteiger partial charge in [0.05, 0.1) is 25.4 Å². The van der Waals surface area contributed by atoms with E-state index >= 15 is 0 Å². The van der Waals surface area contributed by atoms with Crippen molar-refractivity contribution in [1.29, 1.82) is 0 Å². The monoisotopic (exact) mass is 592 g/mol. The van der Waals surface area contributed by atoms with Crippen molar-refractivity contribution >= 4 is 0 Å². The van der Waals surface area contributed by atoms with Gasteiger partial charge in [-0.05, 0) is 80.5 Å². The first-order valence-corrected chi connectivity index (χ1v) is 16.6. The molecule has 5 N–H and O–H groups in total. The molecule has 3 saturated carbocycles. The van der Waals surface area contributed by atoms with Gasteiger partial charge < -0.3 is 44.5 Å². The number of ether oxygens (including phenoxy) is 4. The van der Waals surface area contributed by atoms with Crippen molar-refractivity contribution in [1.82, 2.24) is 0 Å². The number of hydrogen-bond acceptors (Lipinski definition) is 9. The molecule has 0 radical (unpaired) electrons. The molecule has 3 aliphatic heterocycles. The van der Waals surface area contributed by atoms with Crippen LogP contribution in [0.4, 0.5) is 0 Å². The van der Waals surface area contributed by atoms with Crippen molar-refractivity contribution in [3.63, 3.8) is 0 Å². The molecule has 0 aromatic rings. The largest absolute Gasteiger partial charge is 0.394 e. The summed E-state index contributed by atoms with van der Waals surface area (Å²) in [6, 6.07) is 0. The van der Waals surface area contributed by atoms with E-state index in [9.17, 15) is 25.5 Å². The van der Waals surface area contributed by atoms with E-state index in [0.717, 1.165) is 57.8 Å². The second kappa shape index (κ2) is 10.2. The SMILES string of the molecule is CC1CC[C@@]2(OC1)O[C@H]1C[C@H]3[C@@H]4CC=C5CC(O[C@@H]6O[C@H](CO)[C@@H](O)[C@H](O)[C@H]6O)CC[C@]5(C)[C@H]4CC[C@]3(C)[C@@]1(O)[C@@H]2C. The Morgan fingerprint density at radius 2 is 1.76 bits per heavy atom. The predicted molar refractivity (Wildman–Crippen MR) is 152 cm³/mol. The molecule has 6 fully saturated rings. The number of fused-ring (bicyclic) bond motifs is 7. The van der Waals surface area contributed by atoms with Gasteiger partial charge in [-0.1, -0.05) is 39.3 Å². The lowest BCUT2D eigenvalue weighted by Crippen LogP contribution is -2.60. The molecule has 9 heteroatoms. The highest BCUT2D eigenvalue weighted by molar-refractivity contribution is 5.29. The van der Waals surface area contributed by atoms with E-state index in [4.69, 9.17) is 18.9 Å². The second-order valence-corrected chi connectivity index (χ2v) is 15.6. The van der Waals surface area contributed by atoms with Crippen LogP contribution >= 0.6 is 0 Å². The lowest BCUT2D eigenvalue weighted by atomic mass is 9.46. The molecule has 0 aromatic heterocycles. The predicted octanol–water partition coefficient (Wildman–Crippen LogP) is 2.65. The van der Waals surface area contributed by atoms with E-state index in [1.807, 2.05) is 0 Å². The standard InChI is InChI=1S/C33H52O9/c1-17-7-12-32(39-16-17)18(2)33(38)25(42-32)14-23-21-6-5-19-13-20(8-10-30(19,3)22(21)9-11-31(23,33)4)40-29-28(37)27(36)26(35)24(15-34)41-29/h5,17-18,20-29,34-38H,6-16H2,1-4H3/t17?,18-,20?,21-,22+,23+,24-,25+,26-,27+,28-,29-,30+,31+,32-,33-/m1/s1. The summed E-state index contributed by atoms with van der Waals surface area (Å²) < 4.78 is 25.0. The average Bonchev–Trinajstić information content (AvgIpc) is 3.33. The topological polar surface area (TPSA) is 138 Å². The van der Waals surface area contributed by atoms with Gasteiger partial charge in [0.15, 0.2) is 12.1 Å².